The molecule has 1 aromatic heterocycles. The van der Waals surface area contributed by atoms with E-state index >= 15 is 0 Å². The molecule has 0 aliphatic heterocycles. The highest BCUT2D eigenvalue weighted by Gasteiger charge is 2.17. The van der Waals surface area contributed by atoms with Gasteiger partial charge in [-0.25, -0.2) is 0 Å². The van der Waals surface area contributed by atoms with Crippen LogP contribution in [-0.2, 0) is 6.54 Å². The van der Waals surface area contributed by atoms with Crippen molar-refractivity contribution < 1.29 is 0 Å². The third-order valence-electron chi connectivity index (χ3n) is 2.86. The number of rotatable bonds is 5. The van der Waals surface area contributed by atoms with Gasteiger partial charge in [0.2, 0.25) is 0 Å². The first-order chi connectivity index (χ1) is 6.20. The molecule has 13 heavy (non-hydrogen) atoms. The van der Waals surface area contributed by atoms with E-state index in [-0.39, 0.29) is 0 Å². The minimum Gasteiger partial charge on any atom is -0.307 e. The van der Waals surface area contributed by atoms with E-state index in [0.717, 1.165) is 6.54 Å². The van der Waals surface area contributed by atoms with Gasteiger partial charge in [0, 0.05) is 12.1 Å². The van der Waals surface area contributed by atoms with Crippen molar-refractivity contribution in [2.24, 2.45) is 0 Å². The number of thiophene rings is 1. The van der Waals surface area contributed by atoms with Crippen molar-refractivity contribution in [1.29, 1.82) is 0 Å². The maximum absolute atomic E-state index is 3.60. The van der Waals surface area contributed by atoms with Gasteiger partial charge in [-0.05, 0) is 42.2 Å². The van der Waals surface area contributed by atoms with E-state index in [1.807, 2.05) is 0 Å². The van der Waals surface area contributed by atoms with Crippen LogP contribution in [0.2, 0.25) is 0 Å². The smallest absolute Gasteiger partial charge is 0.0218 e. The van der Waals surface area contributed by atoms with Crippen LogP contribution in [0.3, 0.4) is 0 Å². The molecule has 0 amide bonds. The molecule has 0 aliphatic rings. The lowest BCUT2D eigenvalue weighted by molar-refractivity contribution is 0.329. The molecule has 0 spiro atoms. The van der Waals surface area contributed by atoms with Crippen LogP contribution in [0.1, 0.15) is 39.2 Å². The molecule has 2 heteroatoms. The molecular weight excluding hydrogens is 178 g/mol. The zero-order valence-electron chi connectivity index (χ0n) is 8.76. The largest absolute Gasteiger partial charge is 0.307 e. The second-order valence-electron chi connectivity index (χ2n) is 3.75. The van der Waals surface area contributed by atoms with Crippen molar-refractivity contribution in [1.82, 2.24) is 5.32 Å². The molecule has 1 N–H and O–H groups in total. The summed E-state index contributed by atoms with van der Waals surface area (Å²) < 4.78 is 0. The minimum atomic E-state index is 0.307. The Morgan fingerprint density at radius 3 is 2.54 bits per heavy atom. The Hall–Kier alpha value is -0.340. The predicted octanol–water partition coefficient (Wildman–Crippen LogP) is 3.42. The summed E-state index contributed by atoms with van der Waals surface area (Å²) in [6.07, 6.45) is 2.38. The molecule has 0 atom stereocenters. The highest BCUT2D eigenvalue weighted by molar-refractivity contribution is 7.07. The first-order valence-corrected chi connectivity index (χ1v) is 5.90. The summed E-state index contributed by atoms with van der Waals surface area (Å²) in [5, 5.41) is 7.94. The number of nitrogens with one attached hydrogen (secondary N) is 1. The van der Waals surface area contributed by atoms with E-state index in [1.54, 1.807) is 11.3 Å². The Morgan fingerprint density at radius 1 is 1.38 bits per heavy atom. The Kier molecular flexibility index (Phi) is 3.94. The van der Waals surface area contributed by atoms with Crippen molar-refractivity contribution >= 4 is 11.3 Å². The van der Waals surface area contributed by atoms with E-state index in [1.165, 1.54) is 18.4 Å². The third kappa shape index (κ3) is 3.12. The van der Waals surface area contributed by atoms with E-state index < -0.39 is 0 Å². The fourth-order valence-corrected chi connectivity index (χ4v) is 1.88. The van der Waals surface area contributed by atoms with Crippen molar-refractivity contribution in [3.63, 3.8) is 0 Å². The monoisotopic (exact) mass is 197 g/mol. The Bertz CT molecular complexity index is 224. The highest BCUT2D eigenvalue weighted by atomic mass is 32.1. The number of hydrogen-bond donors (Lipinski definition) is 1. The average Bonchev–Trinajstić information content (AvgIpc) is 2.67. The van der Waals surface area contributed by atoms with Crippen LogP contribution in [-0.4, -0.2) is 5.54 Å². The van der Waals surface area contributed by atoms with Crippen LogP contribution in [0.25, 0.3) is 0 Å². The Morgan fingerprint density at radius 2 is 2.08 bits per heavy atom. The summed E-state index contributed by atoms with van der Waals surface area (Å²) in [5.41, 5.74) is 1.71. The molecule has 0 radical (unpaired) electrons. The van der Waals surface area contributed by atoms with Crippen LogP contribution >= 0.6 is 11.3 Å². The highest BCUT2D eigenvalue weighted by Crippen LogP contribution is 2.15. The fourth-order valence-electron chi connectivity index (χ4n) is 1.21. The van der Waals surface area contributed by atoms with Crippen molar-refractivity contribution in [2.75, 3.05) is 0 Å². The first-order valence-electron chi connectivity index (χ1n) is 4.96. The molecule has 1 rings (SSSR count). The molecule has 0 fully saturated rings. The quantitative estimate of drug-likeness (QED) is 0.762. The van der Waals surface area contributed by atoms with Gasteiger partial charge in [0.15, 0.2) is 0 Å². The van der Waals surface area contributed by atoms with Gasteiger partial charge in [0.25, 0.3) is 0 Å². The minimum absolute atomic E-state index is 0.307. The van der Waals surface area contributed by atoms with Crippen LogP contribution in [0.5, 0.6) is 0 Å². The first kappa shape index (κ1) is 10.7. The van der Waals surface area contributed by atoms with Gasteiger partial charge in [0.05, 0.1) is 0 Å². The summed E-state index contributed by atoms with van der Waals surface area (Å²) >= 11 is 1.77. The lowest BCUT2D eigenvalue weighted by Crippen LogP contribution is -2.40. The van der Waals surface area contributed by atoms with Gasteiger partial charge in [-0.1, -0.05) is 13.8 Å². The summed E-state index contributed by atoms with van der Waals surface area (Å²) in [4.78, 5) is 0. The molecule has 74 valence electrons. The SMILES string of the molecule is CCC(C)(CC)NCc1ccsc1. The maximum Gasteiger partial charge on any atom is 0.0218 e. The average molecular weight is 197 g/mol. The third-order valence-corrected chi connectivity index (χ3v) is 3.59. The topological polar surface area (TPSA) is 12.0 Å². The molecule has 0 aliphatic carbocycles. The Labute approximate surface area is 85.2 Å². The lowest BCUT2D eigenvalue weighted by Gasteiger charge is -2.28. The zero-order valence-corrected chi connectivity index (χ0v) is 9.58. The standard InChI is InChI=1S/C11H19NS/c1-4-11(3,5-2)12-8-10-6-7-13-9-10/h6-7,9,12H,4-5,8H2,1-3H3. The second-order valence-corrected chi connectivity index (χ2v) is 4.53. The molecular formula is C11H19NS. The van der Waals surface area contributed by atoms with Gasteiger partial charge in [-0.3, -0.25) is 0 Å². The van der Waals surface area contributed by atoms with Crippen molar-refractivity contribution in [2.45, 2.75) is 45.7 Å². The van der Waals surface area contributed by atoms with Gasteiger partial charge < -0.3 is 5.32 Å². The molecule has 0 saturated heterocycles. The zero-order chi connectivity index (χ0) is 9.73. The summed E-state index contributed by atoms with van der Waals surface area (Å²) in [5.74, 6) is 0. The van der Waals surface area contributed by atoms with E-state index in [2.05, 4.69) is 42.9 Å². The number of hydrogen-bond acceptors (Lipinski definition) is 2. The lowest BCUT2D eigenvalue weighted by atomic mass is 9.95. The van der Waals surface area contributed by atoms with E-state index in [4.69, 9.17) is 0 Å². The summed E-state index contributed by atoms with van der Waals surface area (Å²) in [6, 6.07) is 2.18. The van der Waals surface area contributed by atoms with Crippen LogP contribution < -0.4 is 5.32 Å². The molecule has 1 heterocycles. The maximum atomic E-state index is 3.60. The molecule has 0 bridgehead atoms. The molecule has 0 aromatic carbocycles. The summed E-state index contributed by atoms with van der Waals surface area (Å²) in [7, 11) is 0. The Balaban J connectivity index is 2.41. The van der Waals surface area contributed by atoms with Gasteiger partial charge >= 0.3 is 0 Å². The second kappa shape index (κ2) is 4.77. The van der Waals surface area contributed by atoms with Crippen LogP contribution in [0.4, 0.5) is 0 Å². The van der Waals surface area contributed by atoms with Gasteiger partial charge in [0.1, 0.15) is 0 Å². The van der Waals surface area contributed by atoms with Gasteiger partial charge in [-0.15, -0.1) is 0 Å². The summed E-state index contributed by atoms with van der Waals surface area (Å²) in [6.45, 7) is 7.77. The van der Waals surface area contributed by atoms with Gasteiger partial charge in [-0.2, -0.15) is 11.3 Å². The van der Waals surface area contributed by atoms with Crippen LogP contribution in [0, 0.1) is 0 Å². The van der Waals surface area contributed by atoms with Crippen LogP contribution in [0.15, 0.2) is 16.8 Å². The van der Waals surface area contributed by atoms with E-state index in [0.29, 0.717) is 5.54 Å². The fraction of sp³-hybridized carbons (Fsp3) is 0.636. The molecule has 0 saturated carbocycles. The molecule has 1 nitrogen and oxygen atoms in total. The van der Waals surface area contributed by atoms with Crippen molar-refractivity contribution in [3.8, 4) is 0 Å². The molecule has 1 aromatic rings. The normalized spacial score (nSPS) is 11.9. The molecule has 0 unspecified atom stereocenters. The van der Waals surface area contributed by atoms with E-state index in [9.17, 15) is 0 Å². The van der Waals surface area contributed by atoms with Crippen molar-refractivity contribution in [3.05, 3.63) is 22.4 Å². The predicted molar refractivity (Wildman–Crippen MR) is 60.1 cm³/mol.